The molecule has 0 bridgehead atoms. The van der Waals surface area contributed by atoms with Gasteiger partial charge < -0.3 is 9.47 Å². The van der Waals surface area contributed by atoms with Crippen LogP contribution < -0.4 is 0 Å². The lowest BCUT2D eigenvalue weighted by Crippen LogP contribution is -2.32. The summed E-state index contributed by atoms with van der Waals surface area (Å²) in [4.78, 5) is 0. The van der Waals surface area contributed by atoms with Crippen LogP contribution in [0.4, 0.5) is 17.6 Å². The largest absolute Gasteiger partial charge is 0.352 e. The van der Waals surface area contributed by atoms with Crippen molar-refractivity contribution in [2.45, 2.75) is 45.3 Å². The van der Waals surface area contributed by atoms with E-state index in [2.05, 4.69) is 6.92 Å². The standard InChI is InChI=1S/C22H24F4O2/c1-2-3-4-15-12-27-21(28-13-15)8-6-14-5-7-17(18(23)9-14)16-10-19(24)22(26)20(25)11-16/h5,7,9-11,15,21H,2-4,6,8,12-13H2,1H3. The first-order chi connectivity index (χ1) is 13.5. The van der Waals surface area contributed by atoms with Gasteiger partial charge in [0.25, 0.3) is 0 Å². The molecule has 1 aliphatic heterocycles. The summed E-state index contributed by atoms with van der Waals surface area (Å²) in [5.74, 6) is -4.44. The lowest BCUT2D eigenvalue weighted by atomic mass is 10.0. The van der Waals surface area contributed by atoms with Gasteiger partial charge in [-0.2, -0.15) is 0 Å². The first-order valence-corrected chi connectivity index (χ1v) is 9.64. The van der Waals surface area contributed by atoms with Gasteiger partial charge >= 0.3 is 0 Å². The SMILES string of the molecule is CCCCC1COC(CCc2ccc(-c3cc(F)c(F)c(F)c3)c(F)c2)OC1. The molecule has 2 nitrogen and oxygen atoms in total. The minimum atomic E-state index is -1.56. The number of rotatable bonds is 7. The molecule has 1 aliphatic rings. The van der Waals surface area contributed by atoms with Crippen LogP contribution in [0.25, 0.3) is 11.1 Å². The molecule has 3 rings (SSSR count). The Balaban J connectivity index is 1.58. The van der Waals surface area contributed by atoms with Crippen LogP contribution in [-0.2, 0) is 15.9 Å². The predicted molar refractivity (Wildman–Crippen MR) is 98.7 cm³/mol. The van der Waals surface area contributed by atoms with E-state index in [9.17, 15) is 17.6 Å². The van der Waals surface area contributed by atoms with Crippen molar-refractivity contribution in [2.24, 2.45) is 5.92 Å². The molecule has 0 radical (unpaired) electrons. The van der Waals surface area contributed by atoms with Crippen molar-refractivity contribution in [3.05, 3.63) is 59.2 Å². The summed E-state index contributed by atoms with van der Waals surface area (Å²) in [6.07, 6.45) is 4.25. The Hall–Kier alpha value is -1.92. The number of unbranched alkanes of at least 4 members (excludes halogenated alkanes) is 1. The molecule has 6 heteroatoms. The van der Waals surface area contributed by atoms with Gasteiger partial charge in [0.2, 0.25) is 0 Å². The first-order valence-electron chi connectivity index (χ1n) is 9.64. The molecule has 0 aromatic heterocycles. The Labute approximate surface area is 162 Å². The minimum Gasteiger partial charge on any atom is -0.352 e. The number of hydrogen-bond donors (Lipinski definition) is 0. The third kappa shape index (κ3) is 5.11. The fourth-order valence-corrected chi connectivity index (χ4v) is 3.35. The Bertz CT molecular complexity index is 778. The molecular weight excluding hydrogens is 372 g/mol. The van der Waals surface area contributed by atoms with Gasteiger partial charge in [0.1, 0.15) is 5.82 Å². The minimum absolute atomic E-state index is 0.0190. The van der Waals surface area contributed by atoms with Gasteiger partial charge in [-0.25, -0.2) is 17.6 Å². The fourth-order valence-electron chi connectivity index (χ4n) is 3.35. The molecule has 0 saturated carbocycles. The van der Waals surface area contributed by atoms with Crippen molar-refractivity contribution in [1.82, 2.24) is 0 Å². The molecule has 0 unspecified atom stereocenters. The van der Waals surface area contributed by atoms with Gasteiger partial charge in [-0.3, -0.25) is 0 Å². The molecule has 28 heavy (non-hydrogen) atoms. The van der Waals surface area contributed by atoms with Crippen molar-refractivity contribution in [3.63, 3.8) is 0 Å². The fraction of sp³-hybridized carbons (Fsp3) is 0.455. The van der Waals surface area contributed by atoms with Crippen molar-refractivity contribution >= 4 is 0 Å². The van der Waals surface area contributed by atoms with Gasteiger partial charge in [-0.05, 0) is 42.2 Å². The van der Waals surface area contributed by atoms with Gasteiger partial charge in [-0.1, -0.05) is 31.9 Å². The molecule has 0 spiro atoms. The van der Waals surface area contributed by atoms with Crippen LogP contribution in [0.5, 0.6) is 0 Å². The van der Waals surface area contributed by atoms with E-state index in [0.717, 1.165) is 37.0 Å². The average molecular weight is 396 g/mol. The molecule has 0 aliphatic carbocycles. The second-order valence-electron chi connectivity index (χ2n) is 7.21. The highest BCUT2D eigenvalue weighted by atomic mass is 19.2. The zero-order valence-electron chi connectivity index (χ0n) is 15.8. The van der Waals surface area contributed by atoms with Crippen molar-refractivity contribution in [3.8, 4) is 11.1 Å². The maximum atomic E-state index is 14.4. The molecule has 2 aromatic rings. The third-order valence-corrected chi connectivity index (χ3v) is 5.00. The van der Waals surface area contributed by atoms with Crippen LogP contribution in [0.15, 0.2) is 30.3 Å². The van der Waals surface area contributed by atoms with Crippen LogP contribution >= 0.6 is 0 Å². The molecule has 1 saturated heterocycles. The average Bonchev–Trinajstić information content (AvgIpc) is 2.69. The van der Waals surface area contributed by atoms with Crippen LogP contribution in [0.1, 0.15) is 38.2 Å². The lowest BCUT2D eigenvalue weighted by Gasteiger charge is -2.29. The number of ether oxygens (including phenoxy) is 2. The summed E-state index contributed by atoms with van der Waals surface area (Å²) < 4.78 is 65.8. The summed E-state index contributed by atoms with van der Waals surface area (Å²) in [7, 11) is 0. The van der Waals surface area contributed by atoms with E-state index in [1.165, 1.54) is 12.1 Å². The number of halogens is 4. The van der Waals surface area contributed by atoms with E-state index < -0.39 is 23.3 Å². The van der Waals surface area contributed by atoms with Crippen LogP contribution in [0.3, 0.4) is 0 Å². The van der Waals surface area contributed by atoms with Gasteiger partial charge in [0, 0.05) is 17.9 Å². The van der Waals surface area contributed by atoms with E-state index >= 15 is 0 Å². The predicted octanol–water partition coefficient (Wildman–Crippen LogP) is 6.02. The highest BCUT2D eigenvalue weighted by molar-refractivity contribution is 5.64. The second-order valence-corrected chi connectivity index (χ2v) is 7.21. The van der Waals surface area contributed by atoms with Crippen molar-refractivity contribution in [1.29, 1.82) is 0 Å². The topological polar surface area (TPSA) is 18.5 Å². The zero-order chi connectivity index (χ0) is 20.1. The van der Waals surface area contributed by atoms with Gasteiger partial charge in [0.15, 0.2) is 23.7 Å². The lowest BCUT2D eigenvalue weighted by molar-refractivity contribution is -0.203. The van der Waals surface area contributed by atoms with E-state index in [-0.39, 0.29) is 17.4 Å². The summed E-state index contributed by atoms with van der Waals surface area (Å²) in [5.41, 5.74) is 0.701. The molecule has 1 fully saturated rings. The van der Waals surface area contributed by atoms with Crippen molar-refractivity contribution < 1.29 is 27.0 Å². The molecule has 0 atom stereocenters. The molecule has 2 aromatic carbocycles. The normalized spacial score (nSPS) is 19.8. The highest BCUT2D eigenvalue weighted by Crippen LogP contribution is 2.27. The zero-order valence-corrected chi connectivity index (χ0v) is 15.8. The van der Waals surface area contributed by atoms with E-state index in [1.54, 1.807) is 6.07 Å². The Morgan fingerprint density at radius 3 is 2.18 bits per heavy atom. The molecule has 0 N–H and O–H groups in total. The van der Waals surface area contributed by atoms with Gasteiger partial charge in [-0.15, -0.1) is 0 Å². The summed E-state index contributed by atoms with van der Waals surface area (Å²) >= 11 is 0. The van der Waals surface area contributed by atoms with Crippen LogP contribution in [-0.4, -0.2) is 19.5 Å². The smallest absolute Gasteiger partial charge is 0.194 e. The Morgan fingerprint density at radius 2 is 1.57 bits per heavy atom. The molecule has 1 heterocycles. The third-order valence-electron chi connectivity index (χ3n) is 5.00. The summed E-state index contributed by atoms with van der Waals surface area (Å²) in [6, 6.07) is 6.02. The Morgan fingerprint density at radius 1 is 0.893 bits per heavy atom. The first kappa shape index (κ1) is 20.8. The quantitative estimate of drug-likeness (QED) is 0.421. The second kappa shape index (κ2) is 9.52. The van der Waals surface area contributed by atoms with E-state index in [4.69, 9.17) is 9.47 Å². The molecule has 152 valence electrons. The Kier molecular flexibility index (Phi) is 7.08. The number of aryl methyl sites for hydroxylation is 1. The van der Waals surface area contributed by atoms with Crippen molar-refractivity contribution in [2.75, 3.05) is 13.2 Å². The van der Waals surface area contributed by atoms with E-state index in [1.807, 2.05) is 0 Å². The molecule has 0 amide bonds. The number of benzene rings is 2. The molecular formula is C22H24F4O2. The van der Waals surface area contributed by atoms with Crippen LogP contribution in [0.2, 0.25) is 0 Å². The highest BCUT2D eigenvalue weighted by Gasteiger charge is 2.22. The maximum absolute atomic E-state index is 14.4. The summed E-state index contributed by atoms with van der Waals surface area (Å²) in [6.45, 7) is 3.51. The van der Waals surface area contributed by atoms with Crippen LogP contribution in [0, 0.1) is 29.2 Å². The monoisotopic (exact) mass is 396 g/mol. The number of hydrogen-bond acceptors (Lipinski definition) is 2. The van der Waals surface area contributed by atoms with E-state index in [0.29, 0.717) is 32.0 Å². The maximum Gasteiger partial charge on any atom is 0.194 e. The summed E-state index contributed by atoms with van der Waals surface area (Å²) in [5, 5.41) is 0. The van der Waals surface area contributed by atoms with Gasteiger partial charge in [0.05, 0.1) is 13.2 Å².